The highest BCUT2D eigenvalue weighted by atomic mass is 31.2. The van der Waals surface area contributed by atoms with Gasteiger partial charge in [0.2, 0.25) is 11.8 Å². The highest BCUT2D eigenvalue weighted by Crippen LogP contribution is 2.39. The molecule has 1 aromatic carbocycles. The van der Waals surface area contributed by atoms with Crippen molar-refractivity contribution in [3.05, 3.63) is 46.0 Å². The molecule has 0 aliphatic heterocycles. The minimum atomic E-state index is -4.80. The molecule has 1 aromatic rings. The SMILES string of the molecule is CCC[C@@H](C(=O)N[C@@H](C)P(=O)(O)O)N(C(=O)[C@H](CCCNC(=N)N)NC(=O)CN(C)C(=O)OCc1ccccc1)[N+](=O)[O-]. The molecule has 43 heavy (non-hydrogen) atoms. The Morgan fingerprint density at radius 2 is 1.79 bits per heavy atom. The first kappa shape index (κ1) is 36.7. The predicted molar refractivity (Wildman–Crippen MR) is 153 cm³/mol. The zero-order valence-corrected chi connectivity index (χ0v) is 25.0. The fourth-order valence-corrected chi connectivity index (χ4v) is 3.96. The van der Waals surface area contributed by atoms with Gasteiger partial charge in [0.15, 0.2) is 17.0 Å². The average molecular weight is 631 g/mol. The number of hydrogen-bond acceptors (Lipinski definition) is 9. The molecular formula is C24H39N8O10P. The maximum Gasteiger partial charge on any atom is 0.410 e. The van der Waals surface area contributed by atoms with E-state index in [-0.39, 0.29) is 49.8 Å². The van der Waals surface area contributed by atoms with E-state index in [2.05, 4.69) is 10.6 Å². The van der Waals surface area contributed by atoms with Gasteiger partial charge in [0.05, 0.1) is 0 Å². The lowest BCUT2D eigenvalue weighted by Gasteiger charge is -2.27. The Morgan fingerprint density at radius 1 is 1.16 bits per heavy atom. The summed E-state index contributed by atoms with van der Waals surface area (Å²) < 4.78 is 16.7. The Labute approximate surface area is 248 Å². The maximum absolute atomic E-state index is 13.5. The third-order valence-electron chi connectivity index (χ3n) is 5.93. The molecule has 0 bridgehead atoms. The number of likely N-dealkylation sites (N-methyl/N-ethyl adjacent to an activating group) is 1. The normalized spacial score (nSPS) is 13.0. The minimum Gasteiger partial charge on any atom is -0.445 e. The molecule has 3 atom stereocenters. The van der Waals surface area contributed by atoms with Gasteiger partial charge in [-0.15, -0.1) is 0 Å². The Hall–Kier alpha value is -4.28. The molecule has 0 fully saturated rings. The number of ether oxygens (including phenoxy) is 1. The second-order valence-electron chi connectivity index (χ2n) is 9.50. The number of amides is 4. The van der Waals surface area contributed by atoms with Crippen LogP contribution in [0.15, 0.2) is 30.3 Å². The lowest BCUT2D eigenvalue weighted by atomic mass is 10.1. The average Bonchev–Trinajstić information content (AvgIpc) is 2.92. The number of rotatable bonds is 17. The van der Waals surface area contributed by atoms with Crippen molar-refractivity contribution in [2.45, 2.75) is 64.0 Å². The third-order valence-corrected chi connectivity index (χ3v) is 7.07. The van der Waals surface area contributed by atoms with E-state index in [1.54, 1.807) is 37.3 Å². The van der Waals surface area contributed by atoms with Crippen LogP contribution in [-0.4, -0.2) is 92.5 Å². The molecule has 8 N–H and O–H groups in total. The number of benzene rings is 1. The first-order chi connectivity index (χ1) is 20.1. The van der Waals surface area contributed by atoms with Crippen LogP contribution in [-0.2, 0) is 30.3 Å². The third kappa shape index (κ3) is 13.1. The molecule has 18 nitrogen and oxygen atoms in total. The zero-order valence-electron chi connectivity index (χ0n) is 24.1. The molecule has 0 saturated carbocycles. The lowest BCUT2D eigenvalue weighted by molar-refractivity contribution is -0.640. The summed E-state index contributed by atoms with van der Waals surface area (Å²) in [6, 6.07) is 5.43. The molecule has 1 rings (SSSR count). The summed E-state index contributed by atoms with van der Waals surface area (Å²) >= 11 is 0. The van der Waals surface area contributed by atoms with Crippen molar-refractivity contribution in [2.75, 3.05) is 20.1 Å². The van der Waals surface area contributed by atoms with Gasteiger partial charge in [0.1, 0.15) is 25.0 Å². The first-order valence-corrected chi connectivity index (χ1v) is 14.9. The topological polar surface area (TPSA) is 271 Å². The number of guanidine groups is 1. The molecule has 240 valence electrons. The molecule has 0 aliphatic rings. The van der Waals surface area contributed by atoms with Gasteiger partial charge < -0.3 is 41.1 Å². The number of carbonyl (C=O) groups is 4. The summed E-state index contributed by atoms with van der Waals surface area (Å²) in [5.74, 6) is -5.38. The number of nitro groups is 1. The molecule has 4 amide bonds. The van der Waals surface area contributed by atoms with Gasteiger partial charge in [0.25, 0.3) is 0 Å². The van der Waals surface area contributed by atoms with E-state index < -0.39 is 60.9 Å². The minimum absolute atomic E-state index is 0.0203. The number of nitrogens with zero attached hydrogens (tertiary/aromatic N) is 3. The number of hydrazine groups is 1. The van der Waals surface area contributed by atoms with Crippen LogP contribution in [0, 0.1) is 15.5 Å². The van der Waals surface area contributed by atoms with Crippen molar-refractivity contribution < 1.29 is 43.3 Å². The number of carbonyl (C=O) groups excluding carboxylic acids is 4. The summed E-state index contributed by atoms with van der Waals surface area (Å²) in [5.41, 5.74) is 5.96. The molecule has 0 radical (unpaired) electrons. The van der Waals surface area contributed by atoms with Crippen LogP contribution in [0.5, 0.6) is 0 Å². The Morgan fingerprint density at radius 3 is 2.33 bits per heavy atom. The van der Waals surface area contributed by atoms with E-state index >= 15 is 0 Å². The van der Waals surface area contributed by atoms with E-state index in [0.717, 1.165) is 11.8 Å². The number of nitrogens with one attached hydrogen (secondary N) is 4. The fraction of sp³-hybridized carbons (Fsp3) is 0.542. The monoisotopic (exact) mass is 630 g/mol. The van der Waals surface area contributed by atoms with Crippen LogP contribution in [0.4, 0.5) is 4.79 Å². The fourth-order valence-electron chi connectivity index (χ4n) is 3.67. The summed E-state index contributed by atoms with van der Waals surface area (Å²) in [5, 5.41) is 25.0. The highest BCUT2D eigenvalue weighted by molar-refractivity contribution is 7.52. The zero-order chi connectivity index (χ0) is 32.7. The van der Waals surface area contributed by atoms with E-state index in [4.69, 9.17) is 15.9 Å². The quantitative estimate of drug-likeness (QED) is 0.0295. The standard InChI is InChI=1S/C24H39N8O10P/c1-4-9-19(21(34)28-16(2)43(39,40)41)31(32(37)38)22(35)18(12-8-13-27-23(25)26)29-20(33)14-30(3)24(36)42-15-17-10-6-5-7-11-17/h5-7,10-11,16,18-19H,4,8-9,12-15H2,1-3H3,(H,28,34)(H,29,33)(H4,25,26,27)(H2,39,40,41)/t16-,18+,19+/m1/s1. The molecule has 0 unspecified atom stereocenters. The van der Waals surface area contributed by atoms with Crippen LogP contribution in [0.3, 0.4) is 0 Å². The number of nitrogens with two attached hydrogens (primary N) is 1. The van der Waals surface area contributed by atoms with Crippen LogP contribution in [0.25, 0.3) is 0 Å². The summed E-state index contributed by atoms with van der Waals surface area (Å²) in [7, 11) is -3.52. The second kappa shape index (κ2) is 17.6. The van der Waals surface area contributed by atoms with E-state index in [1.807, 2.05) is 5.32 Å². The molecule has 0 saturated heterocycles. The van der Waals surface area contributed by atoms with Crippen LogP contribution in [0.2, 0.25) is 0 Å². The Balaban J connectivity index is 3.11. The Bertz CT molecular complexity index is 1180. The van der Waals surface area contributed by atoms with Crippen molar-refractivity contribution in [1.82, 2.24) is 25.9 Å². The predicted octanol–water partition coefficient (Wildman–Crippen LogP) is -0.168. The van der Waals surface area contributed by atoms with E-state index in [1.165, 1.54) is 7.05 Å². The van der Waals surface area contributed by atoms with Gasteiger partial charge in [-0.1, -0.05) is 43.7 Å². The van der Waals surface area contributed by atoms with Crippen molar-refractivity contribution in [3.63, 3.8) is 0 Å². The summed E-state index contributed by atoms with van der Waals surface area (Å²) in [4.78, 5) is 83.1. The van der Waals surface area contributed by atoms with E-state index in [0.29, 0.717) is 5.56 Å². The van der Waals surface area contributed by atoms with Gasteiger partial charge in [-0.05, 0) is 36.8 Å². The van der Waals surface area contributed by atoms with Crippen molar-refractivity contribution in [1.29, 1.82) is 5.41 Å². The smallest absolute Gasteiger partial charge is 0.410 e. The summed E-state index contributed by atoms with van der Waals surface area (Å²) in [6.45, 7) is 2.01. The number of hydrogen-bond donors (Lipinski definition) is 7. The molecular weight excluding hydrogens is 591 g/mol. The molecule has 19 heteroatoms. The molecule has 0 spiro atoms. The lowest BCUT2D eigenvalue weighted by Crippen LogP contribution is -2.59. The van der Waals surface area contributed by atoms with Gasteiger partial charge >= 0.3 is 19.6 Å². The van der Waals surface area contributed by atoms with Crippen LogP contribution >= 0.6 is 7.60 Å². The van der Waals surface area contributed by atoms with Crippen LogP contribution < -0.4 is 21.7 Å². The van der Waals surface area contributed by atoms with Crippen LogP contribution in [0.1, 0.15) is 45.1 Å². The first-order valence-electron chi connectivity index (χ1n) is 13.2. The van der Waals surface area contributed by atoms with Gasteiger partial charge in [-0.25, -0.2) is 14.9 Å². The second-order valence-corrected chi connectivity index (χ2v) is 11.5. The molecule has 0 aromatic heterocycles. The van der Waals surface area contributed by atoms with Gasteiger partial charge in [-0.2, -0.15) is 0 Å². The van der Waals surface area contributed by atoms with Gasteiger partial charge in [0, 0.05) is 13.6 Å². The molecule has 0 aliphatic carbocycles. The summed E-state index contributed by atoms with van der Waals surface area (Å²) in [6.07, 6.45) is -1.02. The maximum atomic E-state index is 13.5. The largest absolute Gasteiger partial charge is 0.445 e. The molecule has 0 heterocycles. The highest BCUT2D eigenvalue weighted by Gasteiger charge is 2.43. The van der Waals surface area contributed by atoms with Crippen molar-refractivity contribution in [2.24, 2.45) is 5.73 Å². The van der Waals surface area contributed by atoms with Crippen molar-refractivity contribution in [3.8, 4) is 0 Å². The Kier molecular flexibility index (Phi) is 15.1. The van der Waals surface area contributed by atoms with E-state index in [9.17, 15) is 43.6 Å². The van der Waals surface area contributed by atoms with Gasteiger partial charge in [-0.3, -0.25) is 24.4 Å². The van der Waals surface area contributed by atoms with Crippen molar-refractivity contribution >= 4 is 37.4 Å².